The van der Waals surface area contributed by atoms with Crippen LogP contribution in [0.2, 0.25) is 0 Å². The van der Waals surface area contributed by atoms with Crippen LogP contribution in [0.3, 0.4) is 0 Å². The molecular formula is C14H24N2S. The molecule has 1 heterocycles. The maximum absolute atomic E-state index is 4.52. The monoisotopic (exact) mass is 252 g/mol. The summed E-state index contributed by atoms with van der Waals surface area (Å²) in [6.07, 6.45) is 7.07. The summed E-state index contributed by atoms with van der Waals surface area (Å²) in [5.41, 5.74) is 0.523. The molecule has 0 radical (unpaired) electrons. The van der Waals surface area contributed by atoms with Crippen molar-refractivity contribution < 1.29 is 0 Å². The summed E-state index contributed by atoms with van der Waals surface area (Å²) in [5.74, 6) is 0. The highest BCUT2D eigenvalue weighted by Gasteiger charge is 2.31. The molecule has 2 nitrogen and oxygen atoms in total. The Morgan fingerprint density at radius 2 is 2.35 bits per heavy atom. The second-order valence-electron chi connectivity index (χ2n) is 6.01. The molecule has 1 aliphatic rings. The van der Waals surface area contributed by atoms with Gasteiger partial charge in [-0.15, -0.1) is 11.3 Å². The summed E-state index contributed by atoms with van der Waals surface area (Å²) >= 11 is 1.85. The maximum atomic E-state index is 4.52. The van der Waals surface area contributed by atoms with Crippen LogP contribution in [0, 0.1) is 5.41 Å². The first-order chi connectivity index (χ1) is 8.00. The zero-order valence-electron chi connectivity index (χ0n) is 11.4. The maximum Gasteiger partial charge on any atom is 0.109 e. The lowest BCUT2D eigenvalue weighted by Gasteiger charge is -2.20. The van der Waals surface area contributed by atoms with Gasteiger partial charge in [0.15, 0.2) is 0 Å². The van der Waals surface area contributed by atoms with Gasteiger partial charge in [-0.25, -0.2) is 4.98 Å². The summed E-state index contributed by atoms with van der Waals surface area (Å²) < 4.78 is 0. The predicted octanol–water partition coefficient (Wildman–Crippen LogP) is 3.93. The molecule has 0 saturated heterocycles. The lowest BCUT2D eigenvalue weighted by atomic mass is 9.92. The van der Waals surface area contributed by atoms with Gasteiger partial charge in [-0.1, -0.05) is 20.8 Å². The number of thiazole rings is 1. The van der Waals surface area contributed by atoms with E-state index in [2.05, 4.69) is 38.0 Å². The third-order valence-corrected chi connectivity index (χ3v) is 5.07. The van der Waals surface area contributed by atoms with E-state index in [0.717, 1.165) is 6.42 Å². The van der Waals surface area contributed by atoms with E-state index in [1.165, 1.54) is 29.1 Å². The molecule has 2 rings (SSSR count). The van der Waals surface area contributed by atoms with E-state index in [1.807, 2.05) is 17.5 Å². The molecule has 3 heteroatoms. The zero-order chi connectivity index (χ0) is 12.5. The first-order valence-electron chi connectivity index (χ1n) is 6.71. The minimum atomic E-state index is 0.402. The fourth-order valence-electron chi connectivity index (χ4n) is 2.69. The molecular weight excluding hydrogens is 228 g/mol. The number of aromatic nitrogens is 1. The Morgan fingerprint density at radius 3 is 2.88 bits per heavy atom. The summed E-state index contributed by atoms with van der Waals surface area (Å²) in [6, 6.07) is 1.08. The van der Waals surface area contributed by atoms with Crippen LogP contribution in [0.25, 0.3) is 0 Å². The first-order valence-corrected chi connectivity index (χ1v) is 7.52. The van der Waals surface area contributed by atoms with E-state index in [0.29, 0.717) is 17.5 Å². The molecule has 96 valence electrons. The fraction of sp³-hybridized carbons (Fsp3) is 0.786. The van der Waals surface area contributed by atoms with Crippen LogP contribution in [0.1, 0.15) is 62.9 Å². The quantitative estimate of drug-likeness (QED) is 0.878. The van der Waals surface area contributed by atoms with Gasteiger partial charge >= 0.3 is 0 Å². The van der Waals surface area contributed by atoms with Gasteiger partial charge in [0, 0.05) is 17.1 Å². The second-order valence-corrected chi connectivity index (χ2v) is 7.16. The Morgan fingerprint density at radius 1 is 1.59 bits per heavy atom. The van der Waals surface area contributed by atoms with Gasteiger partial charge < -0.3 is 5.32 Å². The molecule has 1 aliphatic carbocycles. The SMILES string of the molecule is CCc1cnc(C(C)NC2CCC(C)(C)C2)s1. The summed E-state index contributed by atoms with van der Waals surface area (Å²) in [7, 11) is 0. The third-order valence-electron chi connectivity index (χ3n) is 3.74. The second kappa shape index (κ2) is 5.07. The van der Waals surface area contributed by atoms with Crippen molar-refractivity contribution in [3.05, 3.63) is 16.1 Å². The van der Waals surface area contributed by atoms with Gasteiger partial charge in [-0.3, -0.25) is 0 Å². The van der Waals surface area contributed by atoms with Crippen molar-refractivity contribution in [3.8, 4) is 0 Å². The van der Waals surface area contributed by atoms with E-state index in [4.69, 9.17) is 0 Å². The van der Waals surface area contributed by atoms with Crippen molar-refractivity contribution in [3.63, 3.8) is 0 Å². The van der Waals surface area contributed by atoms with Gasteiger partial charge in [0.25, 0.3) is 0 Å². The standard InChI is InChI=1S/C14H24N2S/c1-5-12-9-15-13(17-12)10(2)16-11-6-7-14(3,4)8-11/h9-11,16H,5-8H2,1-4H3. The molecule has 1 N–H and O–H groups in total. The Balaban J connectivity index is 1.91. The summed E-state index contributed by atoms with van der Waals surface area (Å²) in [5, 5.41) is 4.98. The highest BCUT2D eigenvalue weighted by Crippen LogP contribution is 2.37. The number of rotatable bonds is 4. The molecule has 2 unspecified atom stereocenters. The highest BCUT2D eigenvalue weighted by molar-refractivity contribution is 7.11. The van der Waals surface area contributed by atoms with Crippen molar-refractivity contribution in [2.24, 2.45) is 5.41 Å². The van der Waals surface area contributed by atoms with E-state index >= 15 is 0 Å². The highest BCUT2D eigenvalue weighted by atomic mass is 32.1. The predicted molar refractivity (Wildman–Crippen MR) is 74.5 cm³/mol. The average Bonchev–Trinajstić information content (AvgIpc) is 2.85. The van der Waals surface area contributed by atoms with E-state index in [1.54, 1.807) is 0 Å². The van der Waals surface area contributed by atoms with Crippen LogP contribution in [-0.4, -0.2) is 11.0 Å². The minimum Gasteiger partial charge on any atom is -0.305 e. The first kappa shape index (κ1) is 13.0. The van der Waals surface area contributed by atoms with Crippen LogP contribution >= 0.6 is 11.3 Å². The number of aryl methyl sites for hydroxylation is 1. The summed E-state index contributed by atoms with van der Waals surface area (Å²) in [4.78, 5) is 5.91. The molecule has 1 aromatic heterocycles. The average molecular weight is 252 g/mol. The molecule has 1 saturated carbocycles. The van der Waals surface area contributed by atoms with Crippen molar-refractivity contribution in [1.29, 1.82) is 0 Å². The Kier molecular flexibility index (Phi) is 3.88. The Bertz CT molecular complexity index is 370. The Hall–Kier alpha value is -0.410. The van der Waals surface area contributed by atoms with Crippen LogP contribution in [-0.2, 0) is 6.42 Å². The van der Waals surface area contributed by atoms with Gasteiger partial charge in [0.05, 0.1) is 6.04 Å². The number of hydrogen-bond donors (Lipinski definition) is 1. The number of nitrogens with one attached hydrogen (secondary N) is 1. The topological polar surface area (TPSA) is 24.9 Å². The van der Waals surface area contributed by atoms with E-state index in [9.17, 15) is 0 Å². The van der Waals surface area contributed by atoms with E-state index < -0.39 is 0 Å². The molecule has 0 amide bonds. The van der Waals surface area contributed by atoms with Crippen LogP contribution in [0.4, 0.5) is 0 Å². The van der Waals surface area contributed by atoms with Crippen molar-refractivity contribution in [2.45, 2.75) is 65.5 Å². The zero-order valence-corrected chi connectivity index (χ0v) is 12.2. The normalized spacial score (nSPS) is 25.1. The molecule has 0 bridgehead atoms. The molecule has 2 atom stereocenters. The van der Waals surface area contributed by atoms with Crippen molar-refractivity contribution >= 4 is 11.3 Å². The summed E-state index contributed by atoms with van der Waals surface area (Å²) in [6.45, 7) is 9.17. The van der Waals surface area contributed by atoms with E-state index in [-0.39, 0.29) is 0 Å². The third kappa shape index (κ3) is 3.29. The fourth-order valence-corrected chi connectivity index (χ4v) is 3.56. The molecule has 0 aliphatic heterocycles. The van der Waals surface area contributed by atoms with Crippen molar-refractivity contribution in [2.75, 3.05) is 0 Å². The minimum absolute atomic E-state index is 0.402. The number of nitrogens with zero attached hydrogens (tertiary/aromatic N) is 1. The van der Waals surface area contributed by atoms with Crippen LogP contribution in [0.15, 0.2) is 6.20 Å². The smallest absolute Gasteiger partial charge is 0.109 e. The van der Waals surface area contributed by atoms with Crippen LogP contribution < -0.4 is 5.32 Å². The number of hydrogen-bond acceptors (Lipinski definition) is 3. The Labute approximate surface area is 109 Å². The molecule has 0 spiro atoms. The van der Waals surface area contributed by atoms with Gasteiger partial charge in [-0.05, 0) is 38.0 Å². The molecule has 1 fully saturated rings. The van der Waals surface area contributed by atoms with Crippen LogP contribution in [0.5, 0.6) is 0 Å². The van der Waals surface area contributed by atoms with Gasteiger partial charge in [0.1, 0.15) is 5.01 Å². The largest absolute Gasteiger partial charge is 0.305 e. The van der Waals surface area contributed by atoms with Gasteiger partial charge in [0.2, 0.25) is 0 Å². The lowest BCUT2D eigenvalue weighted by molar-refractivity contribution is 0.356. The molecule has 17 heavy (non-hydrogen) atoms. The van der Waals surface area contributed by atoms with Crippen molar-refractivity contribution in [1.82, 2.24) is 10.3 Å². The van der Waals surface area contributed by atoms with Gasteiger partial charge in [-0.2, -0.15) is 0 Å². The lowest BCUT2D eigenvalue weighted by Crippen LogP contribution is -2.30. The molecule has 0 aromatic carbocycles. The molecule has 1 aromatic rings.